The highest BCUT2D eigenvalue weighted by atomic mass is 79.9. The molecule has 1 aromatic heterocycles. The quantitative estimate of drug-likeness (QED) is 0.926. The van der Waals surface area contributed by atoms with Crippen molar-refractivity contribution in [3.8, 4) is 0 Å². The summed E-state index contributed by atoms with van der Waals surface area (Å²) < 4.78 is 12.3. The van der Waals surface area contributed by atoms with Crippen molar-refractivity contribution in [3.63, 3.8) is 0 Å². The van der Waals surface area contributed by atoms with E-state index >= 15 is 0 Å². The van der Waals surface area contributed by atoms with Gasteiger partial charge in [0.25, 0.3) is 0 Å². The molecule has 2 unspecified atom stereocenters. The Morgan fingerprint density at radius 1 is 1.60 bits per heavy atom. The van der Waals surface area contributed by atoms with Crippen molar-refractivity contribution in [2.45, 2.75) is 12.1 Å². The van der Waals surface area contributed by atoms with Gasteiger partial charge in [0.1, 0.15) is 6.10 Å². The molecule has 0 aromatic carbocycles. The Balaban J connectivity index is 2.12. The number of hydrogen-bond acceptors (Lipinski definition) is 4. The van der Waals surface area contributed by atoms with E-state index in [0.717, 1.165) is 4.47 Å². The summed E-state index contributed by atoms with van der Waals surface area (Å²) in [7, 11) is 1.95. The van der Waals surface area contributed by atoms with E-state index in [1.807, 2.05) is 7.05 Å². The zero-order chi connectivity index (χ0) is 10.7. The molecule has 0 amide bonds. The monoisotopic (exact) mass is 291 g/mol. The summed E-state index contributed by atoms with van der Waals surface area (Å²) in [5, 5.41) is 5.37. The van der Waals surface area contributed by atoms with Crippen LogP contribution in [0.1, 0.15) is 10.9 Å². The summed E-state index contributed by atoms with van der Waals surface area (Å²) in [5.41, 5.74) is 0. The van der Waals surface area contributed by atoms with Gasteiger partial charge in [0.2, 0.25) is 0 Å². The molecule has 3 nitrogen and oxygen atoms in total. The maximum Gasteiger partial charge on any atom is 0.101 e. The molecule has 1 aliphatic heterocycles. The minimum absolute atomic E-state index is 0.110. The number of likely N-dealkylation sites (N-methyl/N-ethyl adjacent to an activating group) is 1. The van der Waals surface area contributed by atoms with Gasteiger partial charge in [-0.15, -0.1) is 11.3 Å². The SMILES string of the molecule is CNC(c1sccc1Br)C1COCCO1. The van der Waals surface area contributed by atoms with Crippen LogP contribution in [0.5, 0.6) is 0 Å². The Morgan fingerprint density at radius 2 is 2.47 bits per heavy atom. The van der Waals surface area contributed by atoms with E-state index in [4.69, 9.17) is 9.47 Å². The predicted octanol–water partition coefficient (Wildman–Crippen LogP) is 2.19. The highest BCUT2D eigenvalue weighted by Gasteiger charge is 2.27. The highest BCUT2D eigenvalue weighted by molar-refractivity contribution is 9.10. The average molecular weight is 292 g/mol. The van der Waals surface area contributed by atoms with Crippen LogP contribution in [0.25, 0.3) is 0 Å². The minimum atomic E-state index is 0.110. The Kier molecular flexibility index (Phi) is 4.16. The first-order valence-electron chi connectivity index (χ1n) is 4.92. The lowest BCUT2D eigenvalue weighted by Gasteiger charge is -2.29. The Bertz CT molecular complexity index is 312. The van der Waals surface area contributed by atoms with Crippen LogP contribution in [0.15, 0.2) is 15.9 Å². The highest BCUT2D eigenvalue weighted by Crippen LogP contribution is 2.32. The molecule has 15 heavy (non-hydrogen) atoms. The number of ether oxygens (including phenoxy) is 2. The van der Waals surface area contributed by atoms with Crippen molar-refractivity contribution >= 4 is 27.3 Å². The first-order valence-corrected chi connectivity index (χ1v) is 6.59. The van der Waals surface area contributed by atoms with Gasteiger partial charge in [-0.25, -0.2) is 0 Å². The number of halogens is 1. The van der Waals surface area contributed by atoms with Gasteiger partial charge in [0.15, 0.2) is 0 Å². The van der Waals surface area contributed by atoms with Crippen LogP contribution >= 0.6 is 27.3 Å². The molecule has 0 spiro atoms. The van der Waals surface area contributed by atoms with Gasteiger partial charge in [-0.3, -0.25) is 0 Å². The molecule has 1 N–H and O–H groups in total. The standard InChI is InChI=1S/C10H14BrNO2S/c1-12-9(8-6-13-3-4-14-8)10-7(11)2-5-15-10/h2,5,8-9,12H,3-4,6H2,1H3. The van der Waals surface area contributed by atoms with E-state index in [2.05, 4.69) is 32.7 Å². The van der Waals surface area contributed by atoms with E-state index in [1.165, 1.54) is 4.88 Å². The van der Waals surface area contributed by atoms with Crippen LogP contribution in [0.4, 0.5) is 0 Å². The van der Waals surface area contributed by atoms with Gasteiger partial charge in [-0.1, -0.05) is 0 Å². The van der Waals surface area contributed by atoms with Crippen LogP contribution in [-0.4, -0.2) is 33.0 Å². The Hall–Kier alpha value is 0.0600. The summed E-state index contributed by atoms with van der Waals surface area (Å²) >= 11 is 5.28. The van der Waals surface area contributed by atoms with Crippen LogP contribution in [0.3, 0.4) is 0 Å². The average Bonchev–Trinajstić information content (AvgIpc) is 2.68. The lowest BCUT2D eigenvalue weighted by Crippen LogP contribution is -2.39. The van der Waals surface area contributed by atoms with E-state index in [-0.39, 0.29) is 12.1 Å². The molecule has 2 heterocycles. The van der Waals surface area contributed by atoms with E-state index < -0.39 is 0 Å². The normalized spacial score (nSPS) is 24.0. The molecule has 1 fully saturated rings. The molecule has 0 bridgehead atoms. The minimum Gasteiger partial charge on any atom is -0.376 e. The lowest BCUT2D eigenvalue weighted by atomic mass is 10.1. The Labute approximate surface area is 102 Å². The van der Waals surface area contributed by atoms with Crippen molar-refractivity contribution < 1.29 is 9.47 Å². The largest absolute Gasteiger partial charge is 0.376 e. The van der Waals surface area contributed by atoms with Gasteiger partial charge in [-0.2, -0.15) is 0 Å². The third kappa shape index (κ3) is 2.60. The fourth-order valence-corrected chi connectivity index (χ4v) is 3.49. The molecule has 1 saturated heterocycles. The van der Waals surface area contributed by atoms with Gasteiger partial charge in [0, 0.05) is 9.35 Å². The molecule has 0 aliphatic carbocycles. The number of hydrogen-bond donors (Lipinski definition) is 1. The van der Waals surface area contributed by atoms with Crippen LogP contribution in [-0.2, 0) is 9.47 Å². The Morgan fingerprint density at radius 3 is 3.00 bits per heavy atom. The van der Waals surface area contributed by atoms with Crippen molar-refractivity contribution in [2.24, 2.45) is 0 Å². The second-order valence-corrected chi connectivity index (χ2v) is 5.19. The molecule has 1 aliphatic rings. The second kappa shape index (κ2) is 5.41. The molecule has 84 valence electrons. The van der Waals surface area contributed by atoms with Crippen molar-refractivity contribution in [1.82, 2.24) is 5.32 Å². The molecule has 2 rings (SSSR count). The summed E-state index contributed by atoms with van der Waals surface area (Å²) in [5.74, 6) is 0. The fraction of sp³-hybridized carbons (Fsp3) is 0.600. The number of rotatable bonds is 3. The molecular formula is C10H14BrNO2S. The molecular weight excluding hydrogens is 278 g/mol. The van der Waals surface area contributed by atoms with Gasteiger partial charge < -0.3 is 14.8 Å². The zero-order valence-corrected chi connectivity index (χ0v) is 10.9. The van der Waals surface area contributed by atoms with Crippen molar-refractivity contribution in [2.75, 3.05) is 26.9 Å². The molecule has 0 radical (unpaired) electrons. The summed E-state index contributed by atoms with van der Waals surface area (Å²) in [6.07, 6.45) is 0.110. The topological polar surface area (TPSA) is 30.5 Å². The van der Waals surface area contributed by atoms with Crippen LogP contribution < -0.4 is 5.32 Å². The van der Waals surface area contributed by atoms with E-state index in [1.54, 1.807) is 11.3 Å². The lowest BCUT2D eigenvalue weighted by molar-refractivity contribution is -0.101. The van der Waals surface area contributed by atoms with Gasteiger partial charge >= 0.3 is 0 Å². The van der Waals surface area contributed by atoms with Crippen LogP contribution in [0, 0.1) is 0 Å². The molecule has 0 saturated carbocycles. The van der Waals surface area contributed by atoms with Gasteiger partial charge in [0.05, 0.1) is 25.9 Å². The summed E-state index contributed by atoms with van der Waals surface area (Å²) in [6.45, 7) is 2.06. The maximum absolute atomic E-state index is 5.71. The van der Waals surface area contributed by atoms with Crippen molar-refractivity contribution in [1.29, 1.82) is 0 Å². The third-order valence-corrected chi connectivity index (χ3v) is 4.41. The van der Waals surface area contributed by atoms with Crippen LogP contribution in [0.2, 0.25) is 0 Å². The first-order chi connectivity index (χ1) is 7.33. The van der Waals surface area contributed by atoms with Gasteiger partial charge in [-0.05, 0) is 34.4 Å². The van der Waals surface area contributed by atoms with E-state index in [0.29, 0.717) is 19.8 Å². The molecule has 1 aromatic rings. The third-order valence-electron chi connectivity index (χ3n) is 2.45. The molecule has 5 heteroatoms. The zero-order valence-electron chi connectivity index (χ0n) is 8.53. The van der Waals surface area contributed by atoms with E-state index in [9.17, 15) is 0 Å². The summed E-state index contributed by atoms with van der Waals surface area (Å²) in [6, 6.07) is 2.27. The smallest absolute Gasteiger partial charge is 0.101 e. The summed E-state index contributed by atoms with van der Waals surface area (Å²) in [4.78, 5) is 1.27. The molecule has 2 atom stereocenters. The first kappa shape index (κ1) is 11.5. The maximum atomic E-state index is 5.71. The number of nitrogens with one attached hydrogen (secondary N) is 1. The van der Waals surface area contributed by atoms with Crippen molar-refractivity contribution in [3.05, 3.63) is 20.8 Å². The predicted molar refractivity (Wildman–Crippen MR) is 64.4 cm³/mol. The fourth-order valence-electron chi connectivity index (χ4n) is 1.71. The second-order valence-electron chi connectivity index (χ2n) is 3.38. The number of thiophene rings is 1.